The standard InChI is InChI=1S/C27H28BrN3O3/c1-30-14-16-31(17-15-30)27(33)22-9-5-6-10-24(22)29-26(32)23-19-21(28)11-12-25(23)34-18-13-20-7-3-2-4-8-20/h2-12,19H,13-18H2,1H3,(H,29,32). The minimum absolute atomic E-state index is 0.0717. The zero-order chi connectivity index (χ0) is 23.9. The quantitative estimate of drug-likeness (QED) is 0.489. The van der Waals surface area contributed by atoms with Crippen LogP contribution in [-0.2, 0) is 6.42 Å². The molecule has 0 aromatic heterocycles. The lowest BCUT2D eigenvalue weighted by molar-refractivity contribution is 0.0665. The number of ether oxygens (including phenoxy) is 1. The number of hydrogen-bond acceptors (Lipinski definition) is 4. The third kappa shape index (κ3) is 6.04. The Morgan fingerprint density at radius 2 is 1.62 bits per heavy atom. The Kier molecular flexibility index (Phi) is 7.98. The number of para-hydroxylation sites is 1. The molecule has 1 aliphatic rings. The summed E-state index contributed by atoms with van der Waals surface area (Å²) in [7, 11) is 2.05. The molecule has 0 spiro atoms. The van der Waals surface area contributed by atoms with Gasteiger partial charge in [-0.3, -0.25) is 9.59 Å². The Hall–Kier alpha value is -3.16. The van der Waals surface area contributed by atoms with E-state index in [1.165, 1.54) is 5.56 Å². The van der Waals surface area contributed by atoms with Gasteiger partial charge >= 0.3 is 0 Å². The average Bonchev–Trinajstić information content (AvgIpc) is 2.86. The van der Waals surface area contributed by atoms with Crippen LogP contribution in [0.5, 0.6) is 5.75 Å². The Bertz CT molecular complexity index is 1140. The van der Waals surface area contributed by atoms with E-state index in [4.69, 9.17) is 4.74 Å². The van der Waals surface area contributed by atoms with Crippen LogP contribution in [-0.4, -0.2) is 61.4 Å². The summed E-state index contributed by atoms with van der Waals surface area (Å²) in [5, 5.41) is 2.93. The molecule has 0 radical (unpaired) electrons. The van der Waals surface area contributed by atoms with E-state index in [-0.39, 0.29) is 11.8 Å². The van der Waals surface area contributed by atoms with E-state index in [0.717, 1.165) is 24.0 Å². The van der Waals surface area contributed by atoms with E-state index in [2.05, 4.69) is 26.1 Å². The van der Waals surface area contributed by atoms with Gasteiger partial charge in [0.1, 0.15) is 5.75 Å². The molecule has 2 amide bonds. The number of amides is 2. The van der Waals surface area contributed by atoms with E-state index < -0.39 is 0 Å². The summed E-state index contributed by atoms with van der Waals surface area (Å²) >= 11 is 3.45. The second-order valence-corrected chi connectivity index (χ2v) is 9.24. The lowest BCUT2D eigenvalue weighted by atomic mass is 10.1. The van der Waals surface area contributed by atoms with Gasteiger partial charge in [0.05, 0.1) is 23.4 Å². The molecule has 1 saturated heterocycles. The summed E-state index contributed by atoms with van der Waals surface area (Å²) in [6.45, 7) is 3.46. The summed E-state index contributed by atoms with van der Waals surface area (Å²) in [6, 6.07) is 22.6. The largest absolute Gasteiger partial charge is 0.492 e. The Morgan fingerprint density at radius 3 is 2.38 bits per heavy atom. The summed E-state index contributed by atoms with van der Waals surface area (Å²) < 4.78 is 6.75. The number of rotatable bonds is 7. The summed E-state index contributed by atoms with van der Waals surface area (Å²) in [5.74, 6) is 0.103. The summed E-state index contributed by atoms with van der Waals surface area (Å²) in [6.07, 6.45) is 0.736. The molecule has 0 unspecified atom stereocenters. The summed E-state index contributed by atoms with van der Waals surface area (Å²) in [5.41, 5.74) is 2.56. The van der Waals surface area contributed by atoms with Gasteiger partial charge < -0.3 is 19.9 Å². The number of nitrogens with zero attached hydrogens (tertiary/aromatic N) is 2. The number of piperazine rings is 1. The number of halogens is 1. The van der Waals surface area contributed by atoms with Crippen molar-refractivity contribution in [2.75, 3.05) is 45.2 Å². The Balaban J connectivity index is 1.48. The minimum Gasteiger partial charge on any atom is -0.492 e. The first-order valence-electron chi connectivity index (χ1n) is 11.4. The smallest absolute Gasteiger partial charge is 0.259 e. The number of carbonyl (C=O) groups excluding carboxylic acids is 2. The first-order valence-corrected chi connectivity index (χ1v) is 12.1. The fourth-order valence-corrected chi connectivity index (χ4v) is 4.24. The number of benzene rings is 3. The van der Waals surface area contributed by atoms with Crippen LogP contribution in [0.3, 0.4) is 0 Å². The maximum atomic E-state index is 13.3. The second-order valence-electron chi connectivity index (χ2n) is 8.32. The molecule has 176 valence electrons. The van der Waals surface area contributed by atoms with E-state index in [1.807, 2.05) is 60.5 Å². The van der Waals surface area contributed by atoms with Crippen LogP contribution in [0.15, 0.2) is 77.3 Å². The van der Waals surface area contributed by atoms with Crippen LogP contribution in [0.4, 0.5) is 5.69 Å². The number of carbonyl (C=O) groups is 2. The van der Waals surface area contributed by atoms with Crippen molar-refractivity contribution in [2.45, 2.75) is 6.42 Å². The second kappa shape index (κ2) is 11.3. The van der Waals surface area contributed by atoms with E-state index in [9.17, 15) is 9.59 Å². The lowest BCUT2D eigenvalue weighted by Gasteiger charge is -2.32. The topological polar surface area (TPSA) is 61.9 Å². The lowest BCUT2D eigenvalue weighted by Crippen LogP contribution is -2.47. The van der Waals surface area contributed by atoms with E-state index in [0.29, 0.717) is 42.3 Å². The molecule has 1 aliphatic heterocycles. The molecular weight excluding hydrogens is 494 g/mol. The molecule has 3 aromatic rings. The van der Waals surface area contributed by atoms with Gasteiger partial charge in [0.15, 0.2) is 0 Å². The van der Waals surface area contributed by atoms with Crippen molar-refractivity contribution in [3.63, 3.8) is 0 Å². The normalized spacial score (nSPS) is 14.0. The van der Waals surface area contributed by atoms with E-state index >= 15 is 0 Å². The maximum Gasteiger partial charge on any atom is 0.259 e. The molecule has 6 nitrogen and oxygen atoms in total. The number of likely N-dealkylation sites (N-methyl/N-ethyl adjacent to an activating group) is 1. The molecule has 7 heteroatoms. The van der Waals surface area contributed by atoms with Gasteiger partial charge in [0.25, 0.3) is 11.8 Å². The van der Waals surface area contributed by atoms with Crippen molar-refractivity contribution >= 4 is 33.4 Å². The molecule has 34 heavy (non-hydrogen) atoms. The van der Waals surface area contributed by atoms with Crippen LogP contribution >= 0.6 is 15.9 Å². The van der Waals surface area contributed by atoms with Gasteiger partial charge in [0, 0.05) is 37.1 Å². The van der Waals surface area contributed by atoms with Crippen LogP contribution in [0.25, 0.3) is 0 Å². The monoisotopic (exact) mass is 521 g/mol. The zero-order valence-electron chi connectivity index (χ0n) is 19.2. The molecular formula is C27H28BrN3O3. The molecule has 4 rings (SSSR count). The highest BCUT2D eigenvalue weighted by atomic mass is 79.9. The van der Waals surface area contributed by atoms with Crippen molar-refractivity contribution in [3.8, 4) is 5.75 Å². The van der Waals surface area contributed by atoms with Gasteiger partial charge in [-0.05, 0) is 42.9 Å². The van der Waals surface area contributed by atoms with Gasteiger partial charge in [-0.25, -0.2) is 0 Å². The third-order valence-electron chi connectivity index (χ3n) is 5.87. The zero-order valence-corrected chi connectivity index (χ0v) is 20.8. The first kappa shape index (κ1) is 24.0. The van der Waals surface area contributed by atoms with Crippen molar-refractivity contribution in [3.05, 3.63) is 94.0 Å². The van der Waals surface area contributed by atoms with Gasteiger partial charge in [-0.2, -0.15) is 0 Å². The molecule has 0 saturated carbocycles. The van der Waals surface area contributed by atoms with Crippen LogP contribution in [0, 0.1) is 0 Å². The maximum absolute atomic E-state index is 13.3. The van der Waals surface area contributed by atoms with Crippen LogP contribution < -0.4 is 10.1 Å². The molecule has 1 fully saturated rings. The molecule has 0 aliphatic carbocycles. The van der Waals surface area contributed by atoms with Crippen molar-refractivity contribution < 1.29 is 14.3 Å². The Labute approximate surface area is 208 Å². The third-order valence-corrected chi connectivity index (χ3v) is 6.37. The predicted molar refractivity (Wildman–Crippen MR) is 138 cm³/mol. The van der Waals surface area contributed by atoms with Crippen molar-refractivity contribution in [1.82, 2.24) is 9.80 Å². The SMILES string of the molecule is CN1CCN(C(=O)c2ccccc2NC(=O)c2cc(Br)ccc2OCCc2ccccc2)CC1. The average molecular weight is 522 g/mol. The van der Waals surface area contributed by atoms with Crippen LogP contribution in [0.2, 0.25) is 0 Å². The first-order chi connectivity index (χ1) is 16.5. The van der Waals surface area contributed by atoms with Gasteiger partial charge in [-0.15, -0.1) is 0 Å². The Morgan fingerprint density at radius 1 is 0.912 bits per heavy atom. The van der Waals surface area contributed by atoms with E-state index in [1.54, 1.807) is 24.3 Å². The molecule has 0 bridgehead atoms. The summed E-state index contributed by atoms with van der Waals surface area (Å²) in [4.78, 5) is 30.5. The number of anilines is 1. The predicted octanol–water partition coefficient (Wildman–Crippen LogP) is 4.71. The number of hydrogen-bond donors (Lipinski definition) is 1. The highest BCUT2D eigenvalue weighted by molar-refractivity contribution is 9.10. The highest BCUT2D eigenvalue weighted by Gasteiger charge is 2.23. The van der Waals surface area contributed by atoms with Crippen molar-refractivity contribution in [2.24, 2.45) is 0 Å². The minimum atomic E-state index is -0.324. The fraction of sp³-hybridized carbons (Fsp3) is 0.259. The molecule has 3 aromatic carbocycles. The van der Waals surface area contributed by atoms with Gasteiger partial charge in [-0.1, -0.05) is 58.4 Å². The van der Waals surface area contributed by atoms with Gasteiger partial charge in [0.2, 0.25) is 0 Å². The van der Waals surface area contributed by atoms with Crippen LogP contribution in [0.1, 0.15) is 26.3 Å². The molecule has 1 N–H and O–H groups in total. The number of nitrogens with one attached hydrogen (secondary N) is 1. The molecule has 1 heterocycles. The molecule has 0 atom stereocenters. The highest BCUT2D eigenvalue weighted by Crippen LogP contribution is 2.26. The van der Waals surface area contributed by atoms with Crippen molar-refractivity contribution in [1.29, 1.82) is 0 Å². The fourth-order valence-electron chi connectivity index (χ4n) is 3.88.